The molecule has 1 N–H and O–H groups in total. The van der Waals surface area contributed by atoms with Gasteiger partial charge in [0.15, 0.2) is 0 Å². The molecule has 104 valence electrons. The molecule has 0 aromatic carbocycles. The number of nitrogens with zero attached hydrogens (tertiary/aromatic N) is 2. The zero-order valence-corrected chi connectivity index (χ0v) is 11.2. The number of hydrogen-bond donors (Lipinski definition) is 1. The predicted molar refractivity (Wildman–Crippen MR) is 64.1 cm³/mol. The van der Waals surface area contributed by atoms with Gasteiger partial charge >= 0.3 is 18.0 Å². The molecule has 1 atom stereocenters. The number of carbonyl (C=O) groups excluding carboxylic acids is 2. The Morgan fingerprint density at radius 2 is 1.89 bits per heavy atom. The number of carbonyl (C=O) groups is 3. The van der Waals surface area contributed by atoms with Gasteiger partial charge < -0.3 is 19.6 Å². The van der Waals surface area contributed by atoms with Crippen LogP contribution in [0.5, 0.6) is 0 Å². The number of methoxy groups -OCH3 is 1. The van der Waals surface area contributed by atoms with Gasteiger partial charge in [-0.3, -0.25) is 4.79 Å². The van der Waals surface area contributed by atoms with E-state index in [4.69, 9.17) is 5.11 Å². The summed E-state index contributed by atoms with van der Waals surface area (Å²) in [6, 6.07) is -1.45. The topological polar surface area (TPSA) is 87.2 Å². The van der Waals surface area contributed by atoms with E-state index in [1.807, 2.05) is 6.92 Å². The van der Waals surface area contributed by atoms with Gasteiger partial charge in [-0.2, -0.15) is 0 Å². The number of aliphatic carboxylic acids is 1. The van der Waals surface area contributed by atoms with Crippen molar-refractivity contribution in [3.05, 3.63) is 0 Å². The van der Waals surface area contributed by atoms with Gasteiger partial charge in [-0.25, -0.2) is 9.59 Å². The summed E-state index contributed by atoms with van der Waals surface area (Å²) in [5.41, 5.74) is 0. The normalized spacial score (nSPS) is 11.6. The number of carboxylic acid groups (broad SMARTS) is 1. The number of ether oxygens (including phenoxy) is 1. The minimum absolute atomic E-state index is 0.181. The number of amides is 2. The third-order valence-electron chi connectivity index (χ3n) is 2.55. The molecule has 0 saturated heterocycles. The van der Waals surface area contributed by atoms with Crippen molar-refractivity contribution in [3.63, 3.8) is 0 Å². The average Bonchev–Trinajstić information content (AvgIpc) is 2.35. The lowest BCUT2D eigenvalue weighted by Gasteiger charge is -2.29. The van der Waals surface area contributed by atoms with E-state index in [0.29, 0.717) is 13.0 Å². The predicted octanol–water partition coefficient (Wildman–Crippen LogP) is 0.396. The van der Waals surface area contributed by atoms with Crippen LogP contribution in [-0.4, -0.2) is 66.2 Å². The molecular formula is C11H20N2O5. The first kappa shape index (κ1) is 16.2. The van der Waals surface area contributed by atoms with Crippen molar-refractivity contribution in [3.8, 4) is 0 Å². The third-order valence-corrected chi connectivity index (χ3v) is 2.55. The van der Waals surface area contributed by atoms with Crippen molar-refractivity contribution >= 4 is 18.0 Å². The Labute approximate surface area is 106 Å². The van der Waals surface area contributed by atoms with E-state index >= 15 is 0 Å². The summed E-state index contributed by atoms with van der Waals surface area (Å²) in [4.78, 5) is 36.3. The van der Waals surface area contributed by atoms with Gasteiger partial charge in [0.1, 0.15) is 12.6 Å². The largest absolute Gasteiger partial charge is 0.480 e. The zero-order chi connectivity index (χ0) is 14.3. The number of rotatable bonds is 6. The Morgan fingerprint density at radius 3 is 2.28 bits per heavy atom. The standard InChI is InChI=1S/C11H20N2O5/c1-5-6-13(7-9(14)18-4)11(17)12(3)8(2)10(15)16/h8H,5-7H2,1-4H3,(H,15,16). The second-order valence-corrected chi connectivity index (χ2v) is 3.91. The van der Waals surface area contributed by atoms with Crippen molar-refractivity contribution in [2.24, 2.45) is 0 Å². The van der Waals surface area contributed by atoms with E-state index < -0.39 is 24.0 Å². The molecule has 0 aromatic heterocycles. The van der Waals surface area contributed by atoms with E-state index in [0.717, 1.165) is 4.90 Å². The van der Waals surface area contributed by atoms with Gasteiger partial charge in [-0.1, -0.05) is 6.92 Å². The maximum absolute atomic E-state index is 12.0. The highest BCUT2D eigenvalue weighted by molar-refractivity contribution is 5.84. The molecule has 0 spiro atoms. The average molecular weight is 260 g/mol. The molecule has 0 bridgehead atoms. The Balaban J connectivity index is 4.74. The van der Waals surface area contributed by atoms with Crippen molar-refractivity contribution in [2.45, 2.75) is 26.3 Å². The molecule has 7 nitrogen and oxygen atoms in total. The summed E-state index contributed by atoms with van der Waals surface area (Å²) in [5, 5.41) is 8.84. The molecule has 0 aromatic rings. The molecule has 0 radical (unpaired) electrons. The van der Waals surface area contributed by atoms with E-state index in [-0.39, 0.29) is 6.54 Å². The van der Waals surface area contributed by atoms with Crippen molar-refractivity contribution in [1.29, 1.82) is 0 Å². The van der Waals surface area contributed by atoms with Crippen LogP contribution in [0.4, 0.5) is 4.79 Å². The molecule has 7 heteroatoms. The molecule has 0 saturated carbocycles. The first-order valence-electron chi connectivity index (χ1n) is 5.66. The number of likely N-dealkylation sites (N-methyl/N-ethyl adjacent to an activating group) is 1. The molecule has 0 rings (SSSR count). The summed E-state index contributed by atoms with van der Waals surface area (Å²) >= 11 is 0. The van der Waals surface area contributed by atoms with Crippen LogP contribution in [-0.2, 0) is 14.3 Å². The van der Waals surface area contributed by atoms with Gasteiger partial charge in [0.25, 0.3) is 0 Å². The van der Waals surface area contributed by atoms with E-state index in [1.54, 1.807) is 0 Å². The summed E-state index contributed by atoms with van der Waals surface area (Å²) in [6.45, 7) is 3.45. The fourth-order valence-corrected chi connectivity index (χ4v) is 1.29. The molecule has 0 fully saturated rings. The van der Waals surface area contributed by atoms with Crippen LogP contribution in [0.3, 0.4) is 0 Å². The zero-order valence-electron chi connectivity index (χ0n) is 11.2. The summed E-state index contributed by atoms with van der Waals surface area (Å²) < 4.78 is 4.50. The molecule has 0 aliphatic carbocycles. The van der Waals surface area contributed by atoms with Crippen LogP contribution in [0, 0.1) is 0 Å². The van der Waals surface area contributed by atoms with Gasteiger partial charge in [0.05, 0.1) is 7.11 Å². The van der Waals surface area contributed by atoms with Crippen LogP contribution >= 0.6 is 0 Å². The van der Waals surface area contributed by atoms with Crippen LogP contribution in [0.2, 0.25) is 0 Å². The monoisotopic (exact) mass is 260 g/mol. The fourth-order valence-electron chi connectivity index (χ4n) is 1.29. The lowest BCUT2D eigenvalue weighted by Crippen LogP contribution is -2.49. The Kier molecular flexibility index (Phi) is 6.77. The number of esters is 1. The van der Waals surface area contributed by atoms with E-state index in [9.17, 15) is 14.4 Å². The fraction of sp³-hybridized carbons (Fsp3) is 0.727. The number of hydrogen-bond acceptors (Lipinski definition) is 4. The molecule has 0 heterocycles. The minimum Gasteiger partial charge on any atom is -0.480 e. The molecule has 1 unspecified atom stereocenters. The van der Waals surface area contributed by atoms with Crippen molar-refractivity contribution in [1.82, 2.24) is 9.80 Å². The highest BCUT2D eigenvalue weighted by Crippen LogP contribution is 2.04. The summed E-state index contributed by atoms with van der Waals surface area (Å²) in [6.07, 6.45) is 0.665. The van der Waals surface area contributed by atoms with Crippen LogP contribution < -0.4 is 0 Å². The van der Waals surface area contributed by atoms with Crippen LogP contribution in [0.1, 0.15) is 20.3 Å². The molecule has 0 aliphatic rings. The summed E-state index contributed by atoms with van der Waals surface area (Å²) in [7, 11) is 2.63. The van der Waals surface area contributed by atoms with Gasteiger partial charge in [0, 0.05) is 13.6 Å². The van der Waals surface area contributed by atoms with Gasteiger partial charge in [-0.15, -0.1) is 0 Å². The number of carboxylic acids is 1. The highest BCUT2D eigenvalue weighted by Gasteiger charge is 2.26. The minimum atomic E-state index is -1.10. The first-order chi connectivity index (χ1) is 8.34. The number of urea groups is 1. The second kappa shape index (κ2) is 7.52. The molecule has 18 heavy (non-hydrogen) atoms. The van der Waals surface area contributed by atoms with Gasteiger partial charge in [0.2, 0.25) is 0 Å². The lowest BCUT2D eigenvalue weighted by atomic mass is 10.3. The lowest BCUT2D eigenvalue weighted by molar-refractivity contribution is -0.141. The van der Waals surface area contributed by atoms with Crippen molar-refractivity contribution < 1.29 is 24.2 Å². The molecular weight excluding hydrogens is 240 g/mol. The maximum Gasteiger partial charge on any atom is 0.326 e. The molecule has 2 amide bonds. The summed E-state index contributed by atoms with van der Waals surface area (Å²) in [5.74, 6) is -1.63. The second-order valence-electron chi connectivity index (χ2n) is 3.91. The van der Waals surface area contributed by atoms with E-state index in [1.165, 1.54) is 26.0 Å². The Hall–Kier alpha value is -1.79. The quantitative estimate of drug-likeness (QED) is 0.698. The SMILES string of the molecule is CCCN(CC(=O)OC)C(=O)N(C)C(C)C(=O)O. The van der Waals surface area contributed by atoms with Crippen molar-refractivity contribution in [2.75, 3.05) is 27.2 Å². The maximum atomic E-state index is 12.0. The van der Waals surface area contributed by atoms with Gasteiger partial charge in [-0.05, 0) is 13.3 Å². The van der Waals surface area contributed by atoms with Crippen LogP contribution in [0.25, 0.3) is 0 Å². The smallest absolute Gasteiger partial charge is 0.326 e. The molecule has 0 aliphatic heterocycles. The first-order valence-corrected chi connectivity index (χ1v) is 5.66. The van der Waals surface area contributed by atoms with E-state index in [2.05, 4.69) is 4.74 Å². The Morgan fingerprint density at radius 1 is 1.33 bits per heavy atom. The highest BCUT2D eigenvalue weighted by atomic mass is 16.5. The third kappa shape index (κ3) is 4.60. The Bertz CT molecular complexity index is 319. The van der Waals surface area contributed by atoms with Crippen LogP contribution in [0.15, 0.2) is 0 Å².